The second-order valence-electron chi connectivity index (χ2n) is 3.35. The van der Waals surface area contributed by atoms with Crippen LogP contribution in [0.1, 0.15) is 23.3 Å². The number of carbonyl (C=O) groups excluding carboxylic acids is 1. The van der Waals surface area contributed by atoms with Crippen LogP contribution in [-0.2, 0) is 0 Å². The number of nitrogens with zero attached hydrogens (tertiary/aromatic N) is 2. The van der Waals surface area contributed by atoms with Gasteiger partial charge in [-0.1, -0.05) is 0 Å². The molecular formula is C8H12N4O. The number of H-pyrrole nitrogens is 1. The summed E-state index contributed by atoms with van der Waals surface area (Å²) >= 11 is 0. The standard InChI is InChI=1S/C8H12N4O/c1-12(5-2-3-5)8(13)6-4-7(9)11-10-6/h4-5H,2-3H2,1H3,(H3,9,10,11). The van der Waals surface area contributed by atoms with E-state index in [4.69, 9.17) is 5.73 Å². The molecular weight excluding hydrogens is 168 g/mol. The van der Waals surface area contributed by atoms with Crippen molar-refractivity contribution in [2.45, 2.75) is 18.9 Å². The molecule has 1 aromatic heterocycles. The molecule has 2 rings (SSSR count). The van der Waals surface area contributed by atoms with Crippen molar-refractivity contribution in [1.82, 2.24) is 15.1 Å². The molecule has 1 aromatic rings. The number of nitrogens with two attached hydrogens (primary N) is 1. The minimum Gasteiger partial charge on any atom is -0.382 e. The summed E-state index contributed by atoms with van der Waals surface area (Å²) in [6.45, 7) is 0. The molecule has 0 spiro atoms. The molecule has 0 aromatic carbocycles. The maximum absolute atomic E-state index is 11.6. The summed E-state index contributed by atoms with van der Waals surface area (Å²) in [6, 6.07) is 1.97. The molecule has 0 saturated heterocycles. The van der Waals surface area contributed by atoms with Gasteiger partial charge in [-0.15, -0.1) is 0 Å². The maximum Gasteiger partial charge on any atom is 0.271 e. The van der Waals surface area contributed by atoms with Crippen LogP contribution in [0.2, 0.25) is 0 Å². The number of aromatic amines is 1. The van der Waals surface area contributed by atoms with Crippen molar-refractivity contribution in [3.8, 4) is 0 Å². The van der Waals surface area contributed by atoms with E-state index in [0.29, 0.717) is 17.6 Å². The van der Waals surface area contributed by atoms with Gasteiger partial charge in [-0.25, -0.2) is 0 Å². The zero-order chi connectivity index (χ0) is 9.42. The van der Waals surface area contributed by atoms with E-state index >= 15 is 0 Å². The van der Waals surface area contributed by atoms with Crippen LogP contribution in [0.4, 0.5) is 5.82 Å². The summed E-state index contributed by atoms with van der Waals surface area (Å²) in [5.41, 5.74) is 5.86. The highest BCUT2D eigenvalue weighted by Gasteiger charge is 2.30. The summed E-state index contributed by atoms with van der Waals surface area (Å²) in [5, 5.41) is 6.31. The Morgan fingerprint density at radius 1 is 1.77 bits per heavy atom. The number of anilines is 1. The second-order valence-corrected chi connectivity index (χ2v) is 3.35. The Morgan fingerprint density at radius 2 is 2.46 bits per heavy atom. The molecule has 0 radical (unpaired) electrons. The third-order valence-corrected chi connectivity index (χ3v) is 2.24. The van der Waals surface area contributed by atoms with E-state index in [-0.39, 0.29) is 5.91 Å². The highest BCUT2D eigenvalue weighted by Crippen LogP contribution is 2.26. The number of carbonyl (C=O) groups is 1. The molecule has 0 unspecified atom stereocenters. The van der Waals surface area contributed by atoms with Gasteiger partial charge in [-0.05, 0) is 12.8 Å². The average molecular weight is 180 g/mol. The normalized spacial score (nSPS) is 15.8. The van der Waals surface area contributed by atoms with Crippen LogP contribution in [0.3, 0.4) is 0 Å². The molecule has 13 heavy (non-hydrogen) atoms. The summed E-state index contributed by atoms with van der Waals surface area (Å²) in [6.07, 6.45) is 2.21. The Labute approximate surface area is 75.9 Å². The molecule has 5 heteroatoms. The SMILES string of the molecule is CN(C(=O)c1cc(N)n[nH]1)C1CC1. The average Bonchev–Trinajstić information content (AvgIpc) is 2.87. The van der Waals surface area contributed by atoms with Crippen molar-refractivity contribution >= 4 is 11.7 Å². The fourth-order valence-electron chi connectivity index (χ4n) is 1.26. The fraction of sp³-hybridized carbons (Fsp3) is 0.500. The van der Waals surface area contributed by atoms with Crippen LogP contribution < -0.4 is 5.73 Å². The van der Waals surface area contributed by atoms with Crippen LogP contribution in [0.25, 0.3) is 0 Å². The Kier molecular flexibility index (Phi) is 1.72. The first kappa shape index (κ1) is 8.10. The molecule has 0 bridgehead atoms. The van der Waals surface area contributed by atoms with E-state index in [1.807, 2.05) is 0 Å². The van der Waals surface area contributed by atoms with Crippen LogP contribution in [0.15, 0.2) is 6.07 Å². The first-order valence-electron chi connectivity index (χ1n) is 4.26. The van der Waals surface area contributed by atoms with E-state index in [9.17, 15) is 4.79 Å². The molecule has 1 aliphatic carbocycles. The minimum absolute atomic E-state index is 0.0355. The van der Waals surface area contributed by atoms with Gasteiger partial charge >= 0.3 is 0 Å². The maximum atomic E-state index is 11.6. The van der Waals surface area contributed by atoms with E-state index in [1.165, 1.54) is 0 Å². The van der Waals surface area contributed by atoms with Gasteiger partial charge in [-0.2, -0.15) is 5.10 Å². The van der Waals surface area contributed by atoms with Crippen LogP contribution in [-0.4, -0.2) is 34.1 Å². The lowest BCUT2D eigenvalue weighted by Crippen LogP contribution is -2.28. The van der Waals surface area contributed by atoms with E-state index < -0.39 is 0 Å². The number of amides is 1. The molecule has 1 heterocycles. The Bertz CT molecular complexity index is 329. The number of aromatic nitrogens is 2. The molecule has 1 saturated carbocycles. The largest absolute Gasteiger partial charge is 0.382 e. The van der Waals surface area contributed by atoms with Crippen molar-refractivity contribution < 1.29 is 4.79 Å². The number of hydrogen-bond donors (Lipinski definition) is 2. The Morgan fingerprint density at radius 3 is 2.92 bits per heavy atom. The number of hydrogen-bond acceptors (Lipinski definition) is 3. The van der Waals surface area contributed by atoms with Crippen LogP contribution in [0.5, 0.6) is 0 Å². The van der Waals surface area contributed by atoms with Gasteiger partial charge in [0.2, 0.25) is 0 Å². The molecule has 70 valence electrons. The van der Waals surface area contributed by atoms with Gasteiger partial charge in [0.1, 0.15) is 11.5 Å². The lowest BCUT2D eigenvalue weighted by molar-refractivity contribution is 0.0779. The summed E-state index contributed by atoms with van der Waals surface area (Å²) in [7, 11) is 1.80. The van der Waals surface area contributed by atoms with Crippen molar-refractivity contribution in [3.05, 3.63) is 11.8 Å². The Hall–Kier alpha value is -1.52. The summed E-state index contributed by atoms with van der Waals surface area (Å²) in [5.74, 6) is 0.319. The van der Waals surface area contributed by atoms with Gasteiger partial charge in [0.05, 0.1) is 0 Å². The van der Waals surface area contributed by atoms with Crippen molar-refractivity contribution in [1.29, 1.82) is 0 Å². The predicted molar refractivity (Wildman–Crippen MR) is 48.1 cm³/mol. The van der Waals surface area contributed by atoms with Gasteiger partial charge in [0.15, 0.2) is 0 Å². The predicted octanol–water partition coefficient (Wildman–Crippen LogP) is 0.226. The third kappa shape index (κ3) is 1.49. The smallest absolute Gasteiger partial charge is 0.271 e. The van der Waals surface area contributed by atoms with E-state index in [0.717, 1.165) is 12.8 Å². The van der Waals surface area contributed by atoms with Crippen molar-refractivity contribution in [2.24, 2.45) is 0 Å². The molecule has 1 aliphatic rings. The fourth-order valence-corrected chi connectivity index (χ4v) is 1.26. The summed E-state index contributed by atoms with van der Waals surface area (Å²) in [4.78, 5) is 13.4. The number of nitrogens with one attached hydrogen (secondary N) is 1. The van der Waals surface area contributed by atoms with Crippen molar-refractivity contribution in [2.75, 3.05) is 12.8 Å². The molecule has 1 fully saturated rings. The molecule has 1 amide bonds. The molecule has 0 aliphatic heterocycles. The van der Waals surface area contributed by atoms with E-state index in [1.54, 1.807) is 18.0 Å². The van der Waals surface area contributed by atoms with Gasteiger partial charge in [-0.3, -0.25) is 9.89 Å². The van der Waals surface area contributed by atoms with Crippen LogP contribution in [0, 0.1) is 0 Å². The lowest BCUT2D eigenvalue weighted by Gasteiger charge is -2.14. The summed E-state index contributed by atoms with van der Waals surface area (Å²) < 4.78 is 0. The first-order chi connectivity index (χ1) is 6.18. The monoisotopic (exact) mass is 180 g/mol. The van der Waals surface area contributed by atoms with Gasteiger partial charge in [0.25, 0.3) is 5.91 Å². The Balaban J connectivity index is 2.11. The minimum atomic E-state index is -0.0355. The molecule has 0 atom stereocenters. The number of nitrogen functional groups attached to an aromatic ring is 1. The number of rotatable bonds is 2. The zero-order valence-electron chi connectivity index (χ0n) is 7.45. The highest BCUT2D eigenvalue weighted by molar-refractivity contribution is 5.93. The van der Waals surface area contributed by atoms with E-state index in [2.05, 4.69) is 10.2 Å². The van der Waals surface area contributed by atoms with Crippen molar-refractivity contribution in [3.63, 3.8) is 0 Å². The second kappa shape index (κ2) is 2.76. The van der Waals surface area contributed by atoms with Crippen LogP contribution >= 0.6 is 0 Å². The highest BCUT2D eigenvalue weighted by atomic mass is 16.2. The van der Waals surface area contributed by atoms with Gasteiger partial charge < -0.3 is 10.6 Å². The molecule has 5 nitrogen and oxygen atoms in total. The topological polar surface area (TPSA) is 75.0 Å². The molecule has 3 N–H and O–H groups in total. The third-order valence-electron chi connectivity index (χ3n) is 2.24. The first-order valence-corrected chi connectivity index (χ1v) is 4.26. The van der Waals surface area contributed by atoms with Gasteiger partial charge in [0, 0.05) is 19.2 Å². The zero-order valence-corrected chi connectivity index (χ0v) is 7.45. The lowest BCUT2D eigenvalue weighted by atomic mass is 10.3. The quantitative estimate of drug-likeness (QED) is 0.684.